The second-order valence-corrected chi connectivity index (χ2v) is 5.38. The minimum atomic E-state index is -1.15. The summed E-state index contributed by atoms with van der Waals surface area (Å²) in [6, 6.07) is 18.2. The lowest BCUT2D eigenvalue weighted by molar-refractivity contribution is -0.141. The van der Waals surface area contributed by atoms with E-state index in [9.17, 15) is 9.90 Å². The summed E-state index contributed by atoms with van der Waals surface area (Å²) in [5.74, 6) is -0.303. The lowest BCUT2D eigenvalue weighted by Crippen LogP contribution is -2.35. The molecule has 0 aliphatic carbocycles. The molecule has 0 spiro atoms. The molecular formula is C19H20N2O2. The molecule has 4 nitrogen and oxygen atoms in total. The van der Waals surface area contributed by atoms with Gasteiger partial charge in [-0.2, -0.15) is 5.26 Å². The first-order chi connectivity index (χ1) is 11.2. The Bertz CT molecular complexity index is 675. The highest BCUT2D eigenvalue weighted by molar-refractivity contribution is 5.82. The molecule has 118 valence electrons. The predicted octanol–water partition coefficient (Wildman–Crippen LogP) is 3.03. The van der Waals surface area contributed by atoms with Gasteiger partial charge in [0.25, 0.3) is 5.91 Å². The topological polar surface area (TPSA) is 64.3 Å². The molecule has 0 fully saturated rings. The van der Waals surface area contributed by atoms with E-state index in [0.29, 0.717) is 24.2 Å². The third kappa shape index (κ3) is 4.41. The number of benzene rings is 2. The van der Waals surface area contributed by atoms with E-state index in [1.807, 2.05) is 25.1 Å². The molecule has 1 amide bonds. The molecule has 2 aromatic rings. The summed E-state index contributed by atoms with van der Waals surface area (Å²) in [4.78, 5) is 14.2. The van der Waals surface area contributed by atoms with Gasteiger partial charge in [-0.1, -0.05) is 49.4 Å². The van der Waals surface area contributed by atoms with Crippen LogP contribution >= 0.6 is 0 Å². The summed E-state index contributed by atoms with van der Waals surface area (Å²) in [5.41, 5.74) is 2.12. The molecule has 0 bridgehead atoms. The van der Waals surface area contributed by atoms with Crippen LogP contribution in [-0.4, -0.2) is 22.5 Å². The molecule has 0 aliphatic heterocycles. The zero-order valence-corrected chi connectivity index (χ0v) is 13.1. The van der Waals surface area contributed by atoms with Gasteiger partial charge in [0.2, 0.25) is 0 Å². The fourth-order valence-corrected chi connectivity index (χ4v) is 2.39. The maximum Gasteiger partial charge on any atom is 0.256 e. The number of rotatable bonds is 6. The molecule has 1 atom stereocenters. The number of hydrogen-bond acceptors (Lipinski definition) is 3. The van der Waals surface area contributed by atoms with Gasteiger partial charge < -0.3 is 10.0 Å². The summed E-state index contributed by atoms with van der Waals surface area (Å²) in [7, 11) is 0. The van der Waals surface area contributed by atoms with E-state index in [0.717, 1.165) is 12.0 Å². The van der Waals surface area contributed by atoms with Gasteiger partial charge in [-0.3, -0.25) is 4.79 Å². The monoisotopic (exact) mass is 308 g/mol. The van der Waals surface area contributed by atoms with Crippen molar-refractivity contribution >= 4 is 5.91 Å². The summed E-state index contributed by atoms with van der Waals surface area (Å²) in [5, 5.41) is 19.1. The lowest BCUT2D eigenvalue weighted by atomic mass is 10.1. The minimum Gasteiger partial charge on any atom is -0.378 e. The molecule has 2 rings (SSSR count). The average Bonchev–Trinajstić information content (AvgIpc) is 2.61. The van der Waals surface area contributed by atoms with Crippen LogP contribution in [0.2, 0.25) is 0 Å². The van der Waals surface area contributed by atoms with Gasteiger partial charge in [0.15, 0.2) is 6.10 Å². The van der Waals surface area contributed by atoms with Crippen molar-refractivity contribution in [2.75, 3.05) is 6.54 Å². The molecule has 0 radical (unpaired) electrons. The first-order valence-electron chi connectivity index (χ1n) is 7.66. The Morgan fingerprint density at radius 2 is 1.83 bits per heavy atom. The highest BCUT2D eigenvalue weighted by Crippen LogP contribution is 2.17. The van der Waals surface area contributed by atoms with Crippen LogP contribution in [0.25, 0.3) is 0 Å². The molecule has 0 aliphatic rings. The molecule has 23 heavy (non-hydrogen) atoms. The molecule has 2 aromatic carbocycles. The molecule has 1 unspecified atom stereocenters. The van der Waals surface area contributed by atoms with Gasteiger partial charge >= 0.3 is 0 Å². The maximum absolute atomic E-state index is 12.6. The van der Waals surface area contributed by atoms with E-state index in [4.69, 9.17) is 5.26 Å². The van der Waals surface area contributed by atoms with Gasteiger partial charge in [-0.25, -0.2) is 0 Å². The van der Waals surface area contributed by atoms with Crippen molar-refractivity contribution in [3.8, 4) is 6.07 Å². The maximum atomic E-state index is 12.6. The third-order valence-electron chi connectivity index (χ3n) is 3.61. The smallest absolute Gasteiger partial charge is 0.256 e. The van der Waals surface area contributed by atoms with Crippen LogP contribution in [0, 0.1) is 11.3 Å². The molecule has 0 saturated heterocycles. The van der Waals surface area contributed by atoms with Gasteiger partial charge in [0.05, 0.1) is 11.6 Å². The Balaban J connectivity index is 2.13. The number of aliphatic hydroxyl groups excluding tert-OH is 1. The highest BCUT2D eigenvalue weighted by Gasteiger charge is 2.23. The number of nitriles is 1. The van der Waals surface area contributed by atoms with Crippen molar-refractivity contribution in [1.82, 2.24) is 4.90 Å². The fraction of sp³-hybridized carbons (Fsp3) is 0.263. The van der Waals surface area contributed by atoms with Gasteiger partial charge in [0, 0.05) is 13.1 Å². The van der Waals surface area contributed by atoms with Crippen LogP contribution in [0.5, 0.6) is 0 Å². The fourth-order valence-electron chi connectivity index (χ4n) is 2.39. The van der Waals surface area contributed by atoms with Crippen molar-refractivity contribution < 1.29 is 9.90 Å². The summed E-state index contributed by atoms with van der Waals surface area (Å²) in [6.07, 6.45) is -0.343. The highest BCUT2D eigenvalue weighted by atomic mass is 16.3. The van der Waals surface area contributed by atoms with Crippen molar-refractivity contribution in [3.63, 3.8) is 0 Å². The van der Waals surface area contributed by atoms with Gasteiger partial charge in [0.1, 0.15) is 0 Å². The van der Waals surface area contributed by atoms with Crippen LogP contribution in [-0.2, 0) is 11.3 Å². The van der Waals surface area contributed by atoms with E-state index in [-0.39, 0.29) is 5.91 Å². The predicted molar refractivity (Wildman–Crippen MR) is 88.3 cm³/mol. The standard InChI is InChI=1S/C19H20N2O2/c1-2-12-21(14-16-10-8-15(13-20)9-11-16)19(23)18(22)17-6-4-3-5-7-17/h3-11,18,22H,2,12,14H2,1H3. The molecule has 4 heteroatoms. The Morgan fingerprint density at radius 3 is 2.39 bits per heavy atom. The van der Waals surface area contributed by atoms with Crippen LogP contribution in [0.4, 0.5) is 0 Å². The molecule has 0 aromatic heterocycles. The Morgan fingerprint density at radius 1 is 1.17 bits per heavy atom. The van der Waals surface area contributed by atoms with Crippen molar-refractivity contribution in [3.05, 3.63) is 71.3 Å². The Hall–Kier alpha value is -2.64. The van der Waals surface area contributed by atoms with Crippen LogP contribution in [0.1, 0.15) is 36.1 Å². The van der Waals surface area contributed by atoms with E-state index in [1.54, 1.807) is 41.3 Å². The quantitative estimate of drug-likeness (QED) is 0.892. The average molecular weight is 308 g/mol. The van der Waals surface area contributed by atoms with Crippen molar-refractivity contribution in [2.45, 2.75) is 26.0 Å². The second kappa shape index (κ2) is 8.11. The van der Waals surface area contributed by atoms with Crippen molar-refractivity contribution in [1.29, 1.82) is 5.26 Å². The largest absolute Gasteiger partial charge is 0.378 e. The Labute approximate surface area is 136 Å². The van der Waals surface area contributed by atoms with E-state index >= 15 is 0 Å². The van der Waals surface area contributed by atoms with E-state index in [1.165, 1.54) is 0 Å². The van der Waals surface area contributed by atoms with Gasteiger partial charge in [-0.05, 0) is 29.7 Å². The number of carbonyl (C=O) groups is 1. The van der Waals surface area contributed by atoms with Crippen LogP contribution < -0.4 is 0 Å². The third-order valence-corrected chi connectivity index (χ3v) is 3.61. The summed E-state index contributed by atoms with van der Waals surface area (Å²) in [6.45, 7) is 2.99. The number of carbonyl (C=O) groups excluding carboxylic acids is 1. The first-order valence-corrected chi connectivity index (χ1v) is 7.66. The molecule has 0 saturated carbocycles. The first kappa shape index (κ1) is 16.7. The molecular weight excluding hydrogens is 288 g/mol. The van der Waals surface area contributed by atoms with Crippen molar-refractivity contribution in [2.24, 2.45) is 0 Å². The molecule has 0 heterocycles. The Kier molecular flexibility index (Phi) is 5.90. The number of nitrogens with zero attached hydrogens (tertiary/aromatic N) is 2. The van der Waals surface area contributed by atoms with Crippen LogP contribution in [0.3, 0.4) is 0 Å². The zero-order chi connectivity index (χ0) is 16.7. The SMILES string of the molecule is CCCN(Cc1ccc(C#N)cc1)C(=O)C(O)c1ccccc1. The zero-order valence-electron chi connectivity index (χ0n) is 13.1. The summed E-state index contributed by atoms with van der Waals surface area (Å²) < 4.78 is 0. The number of amides is 1. The second-order valence-electron chi connectivity index (χ2n) is 5.38. The van der Waals surface area contributed by atoms with Gasteiger partial charge in [-0.15, -0.1) is 0 Å². The number of aliphatic hydroxyl groups is 1. The lowest BCUT2D eigenvalue weighted by Gasteiger charge is -2.25. The molecule has 1 N–H and O–H groups in total. The van der Waals surface area contributed by atoms with E-state index in [2.05, 4.69) is 6.07 Å². The minimum absolute atomic E-state index is 0.303. The number of hydrogen-bond donors (Lipinski definition) is 1. The van der Waals surface area contributed by atoms with Crippen LogP contribution in [0.15, 0.2) is 54.6 Å². The van der Waals surface area contributed by atoms with E-state index < -0.39 is 6.10 Å². The summed E-state index contributed by atoms with van der Waals surface area (Å²) >= 11 is 0. The normalized spacial score (nSPS) is 11.5.